The van der Waals surface area contributed by atoms with Crippen LogP contribution >= 0.6 is 0 Å². The molecule has 0 aromatic rings. The maximum absolute atomic E-state index is 11.7. The van der Waals surface area contributed by atoms with Crippen LogP contribution in [0.2, 0.25) is 0 Å². The molecule has 0 saturated heterocycles. The summed E-state index contributed by atoms with van der Waals surface area (Å²) < 4.78 is 5.17. The Labute approximate surface area is 104 Å². The van der Waals surface area contributed by atoms with Gasteiger partial charge in [0.25, 0.3) is 0 Å². The molecule has 1 fully saturated rings. The van der Waals surface area contributed by atoms with Crippen molar-refractivity contribution in [2.75, 3.05) is 13.2 Å². The molecule has 0 heterocycles. The lowest BCUT2D eigenvalue weighted by atomic mass is 9.90. The Kier molecular flexibility index (Phi) is 5.75. The summed E-state index contributed by atoms with van der Waals surface area (Å²) in [7, 11) is 0. The summed E-state index contributed by atoms with van der Waals surface area (Å²) in [4.78, 5) is 11.7. The minimum absolute atomic E-state index is 0.232. The lowest BCUT2D eigenvalue weighted by Crippen LogP contribution is -2.53. The first-order chi connectivity index (χ1) is 8.08. The predicted molar refractivity (Wildman–Crippen MR) is 68.8 cm³/mol. The van der Waals surface area contributed by atoms with E-state index >= 15 is 0 Å². The smallest absolute Gasteiger partial charge is 0.407 e. The number of nitrogens with one attached hydrogen (secondary N) is 1. The molecule has 4 nitrogen and oxygen atoms in total. The second kappa shape index (κ2) is 6.84. The number of ether oxygens (including phenoxy) is 1. The zero-order valence-corrected chi connectivity index (χ0v) is 11.1. The fraction of sp³-hybridized carbons (Fsp3) is 0.923. The van der Waals surface area contributed by atoms with E-state index < -0.39 is 0 Å². The molecule has 4 heteroatoms. The van der Waals surface area contributed by atoms with Crippen molar-refractivity contribution in [3.05, 3.63) is 0 Å². The maximum atomic E-state index is 11.7. The zero-order chi connectivity index (χ0) is 12.7. The molecule has 17 heavy (non-hydrogen) atoms. The van der Waals surface area contributed by atoms with E-state index in [-0.39, 0.29) is 11.6 Å². The largest absolute Gasteiger partial charge is 0.449 e. The first-order valence-corrected chi connectivity index (χ1v) is 6.73. The summed E-state index contributed by atoms with van der Waals surface area (Å²) in [6, 6.07) is 0. The molecule has 1 rings (SSSR count). The Bertz CT molecular complexity index is 234. The van der Waals surface area contributed by atoms with Crippen LogP contribution in [0.15, 0.2) is 0 Å². The molecule has 1 saturated carbocycles. The normalized spacial score (nSPS) is 19.8. The fourth-order valence-corrected chi connectivity index (χ4v) is 2.28. The third-order valence-electron chi connectivity index (χ3n) is 3.37. The van der Waals surface area contributed by atoms with Crippen molar-refractivity contribution in [3.8, 4) is 0 Å². The van der Waals surface area contributed by atoms with Gasteiger partial charge >= 0.3 is 6.09 Å². The molecule has 0 unspecified atom stereocenters. The first kappa shape index (κ1) is 14.3. The molecule has 0 bridgehead atoms. The van der Waals surface area contributed by atoms with E-state index in [0.29, 0.717) is 19.1 Å². The summed E-state index contributed by atoms with van der Waals surface area (Å²) in [5.74, 6) is 0.365. The summed E-state index contributed by atoms with van der Waals surface area (Å²) in [6.07, 6.45) is 6.39. The summed E-state index contributed by atoms with van der Waals surface area (Å²) in [5, 5.41) is 2.99. The predicted octanol–water partition coefficient (Wildman–Crippen LogP) is 2.42. The number of hydrogen-bond donors (Lipinski definition) is 2. The van der Waals surface area contributed by atoms with Crippen molar-refractivity contribution in [2.24, 2.45) is 11.7 Å². The highest BCUT2D eigenvalue weighted by atomic mass is 16.5. The molecule has 0 atom stereocenters. The maximum Gasteiger partial charge on any atom is 0.407 e. The summed E-state index contributed by atoms with van der Waals surface area (Å²) in [6.45, 7) is 5.02. The minimum atomic E-state index is -0.314. The van der Waals surface area contributed by atoms with Crippen LogP contribution in [0.5, 0.6) is 0 Å². The van der Waals surface area contributed by atoms with Crippen LogP contribution in [0.3, 0.4) is 0 Å². The van der Waals surface area contributed by atoms with E-state index in [1.165, 1.54) is 12.8 Å². The average Bonchev–Trinajstić information content (AvgIpc) is 2.53. The number of carbonyl (C=O) groups excluding carboxylic acids is 1. The number of carbonyl (C=O) groups is 1. The Morgan fingerprint density at radius 1 is 1.29 bits per heavy atom. The van der Waals surface area contributed by atoms with Crippen molar-refractivity contribution in [1.82, 2.24) is 5.32 Å². The van der Waals surface area contributed by atoms with E-state index in [1.807, 2.05) is 13.8 Å². The molecule has 100 valence electrons. The van der Waals surface area contributed by atoms with Crippen molar-refractivity contribution in [2.45, 2.75) is 57.9 Å². The SMILES string of the molecule is CC(C)COC(=O)NC1(CN)CCCCCC1. The average molecular weight is 242 g/mol. The second-order valence-corrected chi connectivity index (χ2v) is 5.52. The number of nitrogens with two attached hydrogens (primary N) is 1. The molecule has 1 aliphatic carbocycles. The molecule has 0 aromatic heterocycles. The van der Waals surface area contributed by atoms with Gasteiger partial charge in [0.15, 0.2) is 0 Å². The van der Waals surface area contributed by atoms with Gasteiger partial charge < -0.3 is 15.8 Å². The van der Waals surface area contributed by atoms with E-state index in [1.54, 1.807) is 0 Å². The highest BCUT2D eigenvalue weighted by Crippen LogP contribution is 2.26. The van der Waals surface area contributed by atoms with Gasteiger partial charge in [-0.1, -0.05) is 39.5 Å². The van der Waals surface area contributed by atoms with E-state index in [2.05, 4.69) is 5.32 Å². The summed E-state index contributed by atoms with van der Waals surface area (Å²) >= 11 is 0. The molecule has 0 spiro atoms. The Balaban J connectivity index is 2.46. The van der Waals surface area contributed by atoms with Crippen LogP contribution in [0.1, 0.15) is 52.4 Å². The fourth-order valence-electron chi connectivity index (χ4n) is 2.28. The Morgan fingerprint density at radius 2 is 1.88 bits per heavy atom. The highest BCUT2D eigenvalue weighted by Gasteiger charge is 2.31. The molecule has 1 aliphatic rings. The van der Waals surface area contributed by atoms with Crippen LogP contribution in [-0.2, 0) is 4.74 Å². The molecule has 0 aliphatic heterocycles. The monoisotopic (exact) mass is 242 g/mol. The molecule has 1 amide bonds. The lowest BCUT2D eigenvalue weighted by molar-refractivity contribution is 0.118. The Morgan fingerprint density at radius 3 is 2.35 bits per heavy atom. The van der Waals surface area contributed by atoms with E-state index in [0.717, 1.165) is 25.7 Å². The van der Waals surface area contributed by atoms with Gasteiger partial charge in [-0.2, -0.15) is 0 Å². The van der Waals surface area contributed by atoms with Crippen LogP contribution < -0.4 is 11.1 Å². The third kappa shape index (κ3) is 4.94. The lowest BCUT2D eigenvalue weighted by Gasteiger charge is -2.32. The third-order valence-corrected chi connectivity index (χ3v) is 3.37. The van der Waals surface area contributed by atoms with E-state index in [4.69, 9.17) is 10.5 Å². The van der Waals surface area contributed by atoms with Crippen molar-refractivity contribution < 1.29 is 9.53 Å². The number of amides is 1. The second-order valence-electron chi connectivity index (χ2n) is 5.52. The Hall–Kier alpha value is -0.770. The first-order valence-electron chi connectivity index (χ1n) is 6.73. The number of alkyl carbamates (subject to hydrolysis) is 1. The summed E-state index contributed by atoms with van der Waals surface area (Å²) in [5.41, 5.74) is 5.61. The van der Waals surface area contributed by atoms with Gasteiger partial charge in [-0.15, -0.1) is 0 Å². The van der Waals surface area contributed by atoms with Gasteiger partial charge in [0.1, 0.15) is 0 Å². The van der Waals surface area contributed by atoms with Crippen LogP contribution in [-0.4, -0.2) is 24.8 Å². The molecule has 3 N–H and O–H groups in total. The highest BCUT2D eigenvalue weighted by molar-refractivity contribution is 5.68. The van der Waals surface area contributed by atoms with Crippen molar-refractivity contribution >= 4 is 6.09 Å². The van der Waals surface area contributed by atoms with Gasteiger partial charge in [-0.25, -0.2) is 4.79 Å². The standard InChI is InChI=1S/C13H26N2O2/c1-11(2)9-17-12(16)15-13(10-14)7-5-3-4-6-8-13/h11H,3-10,14H2,1-2H3,(H,15,16). The zero-order valence-electron chi connectivity index (χ0n) is 11.1. The van der Waals surface area contributed by atoms with Gasteiger partial charge in [-0.05, 0) is 18.8 Å². The van der Waals surface area contributed by atoms with Gasteiger partial charge in [0, 0.05) is 6.54 Å². The quantitative estimate of drug-likeness (QED) is 0.744. The molecular formula is C13H26N2O2. The van der Waals surface area contributed by atoms with Crippen molar-refractivity contribution in [1.29, 1.82) is 0 Å². The van der Waals surface area contributed by atoms with Gasteiger partial charge in [-0.3, -0.25) is 0 Å². The van der Waals surface area contributed by atoms with Crippen LogP contribution in [0.25, 0.3) is 0 Å². The van der Waals surface area contributed by atoms with E-state index in [9.17, 15) is 4.79 Å². The van der Waals surface area contributed by atoms with Gasteiger partial charge in [0.2, 0.25) is 0 Å². The van der Waals surface area contributed by atoms with Gasteiger partial charge in [0.05, 0.1) is 12.1 Å². The topological polar surface area (TPSA) is 64.3 Å². The number of hydrogen-bond acceptors (Lipinski definition) is 3. The van der Waals surface area contributed by atoms with Crippen LogP contribution in [0, 0.1) is 5.92 Å². The number of rotatable bonds is 4. The molecule has 0 radical (unpaired) electrons. The molecule has 0 aromatic carbocycles. The minimum Gasteiger partial charge on any atom is -0.449 e. The molecular weight excluding hydrogens is 216 g/mol. The van der Waals surface area contributed by atoms with Crippen LogP contribution in [0.4, 0.5) is 4.79 Å². The van der Waals surface area contributed by atoms with Crippen molar-refractivity contribution in [3.63, 3.8) is 0 Å².